The molecular formula is C17H15N3OS. The van der Waals surface area contributed by atoms with Crippen LogP contribution in [0.25, 0.3) is 6.08 Å². The zero-order valence-corrected chi connectivity index (χ0v) is 13.1. The summed E-state index contributed by atoms with van der Waals surface area (Å²) in [4.78, 5) is 18.2. The van der Waals surface area contributed by atoms with Gasteiger partial charge in [0.25, 0.3) is 5.91 Å². The van der Waals surface area contributed by atoms with Crippen LogP contribution >= 0.6 is 12.2 Å². The summed E-state index contributed by atoms with van der Waals surface area (Å²) in [6, 6.07) is 9.67. The molecule has 22 heavy (non-hydrogen) atoms. The van der Waals surface area contributed by atoms with Crippen LogP contribution in [0.3, 0.4) is 0 Å². The highest BCUT2D eigenvalue weighted by atomic mass is 32.1. The van der Waals surface area contributed by atoms with Gasteiger partial charge in [-0.05, 0) is 67.0 Å². The molecule has 4 nitrogen and oxygen atoms in total. The van der Waals surface area contributed by atoms with Crippen molar-refractivity contribution < 1.29 is 4.79 Å². The monoisotopic (exact) mass is 309 g/mol. The van der Waals surface area contributed by atoms with Crippen molar-refractivity contribution in [1.82, 2.24) is 10.3 Å². The SMILES string of the molecule is Cc1cc(C)cc(N2C(=O)/C(=C\c3cccnc3)NC2=S)c1. The number of pyridine rings is 1. The van der Waals surface area contributed by atoms with Crippen molar-refractivity contribution in [3.05, 3.63) is 65.1 Å². The summed E-state index contributed by atoms with van der Waals surface area (Å²) < 4.78 is 0. The number of nitrogens with one attached hydrogen (secondary N) is 1. The first-order valence-electron chi connectivity index (χ1n) is 6.90. The number of benzene rings is 1. The Hall–Kier alpha value is -2.53. The number of rotatable bonds is 2. The molecule has 2 aromatic rings. The third kappa shape index (κ3) is 2.76. The van der Waals surface area contributed by atoms with E-state index < -0.39 is 0 Å². The van der Waals surface area contributed by atoms with E-state index in [1.54, 1.807) is 18.5 Å². The zero-order valence-electron chi connectivity index (χ0n) is 12.3. The van der Waals surface area contributed by atoms with Gasteiger partial charge in [-0.15, -0.1) is 0 Å². The highest BCUT2D eigenvalue weighted by Crippen LogP contribution is 2.24. The highest BCUT2D eigenvalue weighted by Gasteiger charge is 2.32. The molecule has 0 radical (unpaired) electrons. The smallest absolute Gasteiger partial charge is 0.281 e. The predicted molar refractivity (Wildman–Crippen MR) is 91.3 cm³/mol. The normalized spacial score (nSPS) is 16.3. The molecule has 0 atom stereocenters. The minimum atomic E-state index is -0.154. The summed E-state index contributed by atoms with van der Waals surface area (Å²) in [5, 5.41) is 3.37. The van der Waals surface area contributed by atoms with E-state index in [0.717, 1.165) is 22.4 Å². The largest absolute Gasteiger partial charge is 0.327 e. The Labute approximate surface area is 134 Å². The van der Waals surface area contributed by atoms with Crippen molar-refractivity contribution >= 4 is 35.0 Å². The van der Waals surface area contributed by atoms with Crippen LogP contribution in [0.2, 0.25) is 0 Å². The Bertz CT molecular complexity index is 763. The topological polar surface area (TPSA) is 45.2 Å². The first-order chi connectivity index (χ1) is 10.5. The molecule has 1 N–H and O–H groups in total. The molecule has 0 spiro atoms. The van der Waals surface area contributed by atoms with Gasteiger partial charge in [-0.2, -0.15) is 0 Å². The number of carbonyl (C=O) groups is 1. The number of aryl methyl sites for hydroxylation is 2. The van der Waals surface area contributed by atoms with E-state index in [-0.39, 0.29) is 5.91 Å². The lowest BCUT2D eigenvalue weighted by Crippen LogP contribution is -2.30. The fraction of sp³-hybridized carbons (Fsp3) is 0.118. The minimum absolute atomic E-state index is 0.154. The Morgan fingerprint density at radius 3 is 2.59 bits per heavy atom. The Morgan fingerprint density at radius 1 is 1.23 bits per heavy atom. The van der Waals surface area contributed by atoms with Gasteiger partial charge in [0.1, 0.15) is 5.70 Å². The molecule has 3 rings (SSSR count). The summed E-state index contributed by atoms with van der Waals surface area (Å²) in [5.74, 6) is -0.154. The van der Waals surface area contributed by atoms with Crippen LogP contribution in [0.15, 0.2) is 48.4 Å². The first kappa shape index (κ1) is 14.4. The van der Waals surface area contributed by atoms with Crippen LogP contribution in [0, 0.1) is 13.8 Å². The average molecular weight is 309 g/mol. The van der Waals surface area contributed by atoms with Gasteiger partial charge in [0.2, 0.25) is 0 Å². The number of anilines is 1. The fourth-order valence-electron chi connectivity index (χ4n) is 2.48. The summed E-state index contributed by atoms with van der Waals surface area (Å²) in [6.07, 6.45) is 5.15. The average Bonchev–Trinajstić information content (AvgIpc) is 2.73. The molecule has 1 aliphatic heterocycles. The van der Waals surface area contributed by atoms with Gasteiger partial charge in [0.15, 0.2) is 5.11 Å². The van der Waals surface area contributed by atoms with Crippen molar-refractivity contribution in [3.63, 3.8) is 0 Å². The van der Waals surface area contributed by atoms with Gasteiger partial charge in [0, 0.05) is 12.4 Å². The fourth-order valence-corrected chi connectivity index (χ4v) is 2.78. The molecule has 1 aliphatic rings. The van der Waals surface area contributed by atoms with Crippen molar-refractivity contribution in [3.8, 4) is 0 Å². The number of aromatic nitrogens is 1. The van der Waals surface area contributed by atoms with Gasteiger partial charge in [0.05, 0.1) is 5.69 Å². The van der Waals surface area contributed by atoms with E-state index in [1.165, 1.54) is 4.90 Å². The van der Waals surface area contributed by atoms with Crippen LogP contribution in [0.4, 0.5) is 5.69 Å². The third-order valence-electron chi connectivity index (χ3n) is 3.34. The molecule has 0 saturated carbocycles. The van der Waals surface area contributed by atoms with Gasteiger partial charge in [-0.25, -0.2) is 0 Å². The summed E-state index contributed by atoms with van der Waals surface area (Å²) in [5.41, 5.74) is 4.28. The molecule has 0 aliphatic carbocycles. The standard InChI is InChI=1S/C17H15N3OS/c1-11-6-12(2)8-14(7-11)20-16(21)15(19-17(20)22)9-13-4-3-5-18-10-13/h3-10H,1-2H3,(H,19,22)/b15-9+. The van der Waals surface area contributed by atoms with E-state index in [0.29, 0.717) is 10.8 Å². The Morgan fingerprint density at radius 2 is 1.95 bits per heavy atom. The number of nitrogens with zero attached hydrogens (tertiary/aromatic N) is 2. The maximum atomic E-state index is 12.6. The summed E-state index contributed by atoms with van der Waals surface area (Å²) in [6.45, 7) is 4.00. The van der Waals surface area contributed by atoms with Crippen LogP contribution in [0.5, 0.6) is 0 Å². The van der Waals surface area contributed by atoms with E-state index in [2.05, 4.69) is 16.4 Å². The molecule has 1 aromatic carbocycles. The molecule has 5 heteroatoms. The lowest BCUT2D eigenvalue weighted by molar-refractivity contribution is -0.113. The Balaban J connectivity index is 1.97. The summed E-state index contributed by atoms with van der Waals surface area (Å²) in [7, 11) is 0. The molecule has 1 saturated heterocycles. The minimum Gasteiger partial charge on any atom is -0.327 e. The van der Waals surface area contributed by atoms with Crippen molar-refractivity contribution in [1.29, 1.82) is 0 Å². The third-order valence-corrected chi connectivity index (χ3v) is 3.62. The second-order valence-corrected chi connectivity index (χ2v) is 5.65. The maximum absolute atomic E-state index is 12.6. The molecule has 0 bridgehead atoms. The molecule has 0 unspecified atom stereocenters. The van der Waals surface area contributed by atoms with Gasteiger partial charge < -0.3 is 5.32 Å². The van der Waals surface area contributed by atoms with Crippen LogP contribution in [0.1, 0.15) is 16.7 Å². The van der Waals surface area contributed by atoms with Crippen molar-refractivity contribution in [2.45, 2.75) is 13.8 Å². The quantitative estimate of drug-likeness (QED) is 0.684. The summed E-state index contributed by atoms with van der Waals surface area (Å²) >= 11 is 5.32. The van der Waals surface area contributed by atoms with Crippen LogP contribution < -0.4 is 10.2 Å². The van der Waals surface area contributed by atoms with Gasteiger partial charge >= 0.3 is 0 Å². The lowest BCUT2D eigenvalue weighted by atomic mass is 10.1. The predicted octanol–water partition coefficient (Wildman–Crippen LogP) is 2.96. The number of amides is 1. The molecular weight excluding hydrogens is 294 g/mol. The highest BCUT2D eigenvalue weighted by molar-refractivity contribution is 7.80. The van der Waals surface area contributed by atoms with Crippen LogP contribution in [-0.4, -0.2) is 16.0 Å². The van der Waals surface area contributed by atoms with Gasteiger partial charge in [-0.3, -0.25) is 14.7 Å². The number of carbonyl (C=O) groups excluding carboxylic acids is 1. The van der Waals surface area contributed by atoms with Gasteiger partial charge in [-0.1, -0.05) is 12.1 Å². The molecule has 1 fully saturated rings. The van der Waals surface area contributed by atoms with Crippen LogP contribution in [-0.2, 0) is 4.79 Å². The van der Waals surface area contributed by atoms with E-state index in [9.17, 15) is 4.79 Å². The lowest BCUT2D eigenvalue weighted by Gasteiger charge is -2.15. The second-order valence-electron chi connectivity index (χ2n) is 5.26. The second kappa shape index (κ2) is 5.69. The molecule has 1 amide bonds. The van der Waals surface area contributed by atoms with E-state index in [4.69, 9.17) is 12.2 Å². The van der Waals surface area contributed by atoms with Crippen molar-refractivity contribution in [2.75, 3.05) is 4.90 Å². The first-order valence-corrected chi connectivity index (χ1v) is 7.31. The number of hydrogen-bond acceptors (Lipinski definition) is 3. The molecule has 110 valence electrons. The molecule has 2 heterocycles. The maximum Gasteiger partial charge on any atom is 0.281 e. The van der Waals surface area contributed by atoms with E-state index in [1.807, 2.05) is 38.1 Å². The molecule has 1 aromatic heterocycles. The Kier molecular flexibility index (Phi) is 3.73. The number of thiocarbonyl (C=S) groups is 1. The van der Waals surface area contributed by atoms with Crippen molar-refractivity contribution in [2.24, 2.45) is 0 Å². The zero-order chi connectivity index (χ0) is 15.7. The van der Waals surface area contributed by atoms with E-state index >= 15 is 0 Å². The number of hydrogen-bond donors (Lipinski definition) is 1.